The number of morpholine rings is 1. The zero-order valence-electron chi connectivity index (χ0n) is 10.1. The SMILES string of the molecule is O=C(c1ccc(S(=O)[O-])cc1)N1CCOCC1.[Na+]. The number of carbonyl (C=O) groups excluding carboxylic acids is 1. The second-order valence-corrected chi connectivity index (χ2v) is 4.60. The Morgan fingerprint density at radius 3 is 2.28 bits per heavy atom. The molecule has 0 aromatic heterocycles. The van der Waals surface area contributed by atoms with E-state index >= 15 is 0 Å². The van der Waals surface area contributed by atoms with Gasteiger partial charge in [-0.25, -0.2) is 0 Å². The van der Waals surface area contributed by atoms with Crippen molar-refractivity contribution in [2.24, 2.45) is 0 Å². The first-order valence-corrected chi connectivity index (χ1v) is 6.32. The van der Waals surface area contributed by atoms with E-state index in [9.17, 15) is 13.6 Å². The molecule has 5 nitrogen and oxygen atoms in total. The Morgan fingerprint density at radius 2 is 1.78 bits per heavy atom. The second kappa shape index (κ2) is 7.37. The van der Waals surface area contributed by atoms with Gasteiger partial charge in [0, 0.05) is 23.5 Å². The molecule has 18 heavy (non-hydrogen) atoms. The molecular formula is C11H12NNaO4S. The van der Waals surface area contributed by atoms with Crippen molar-refractivity contribution in [3.05, 3.63) is 29.8 Å². The fourth-order valence-electron chi connectivity index (χ4n) is 1.66. The maximum atomic E-state index is 12.0. The summed E-state index contributed by atoms with van der Waals surface area (Å²) in [7, 11) is 0. The number of rotatable bonds is 2. The van der Waals surface area contributed by atoms with Crippen molar-refractivity contribution < 1.29 is 47.9 Å². The first-order chi connectivity index (χ1) is 8.18. The summed E-state index contributed by atoms with van der Waals surface area (Å²) < 4.78 is 26.5. The molecule has 0 N–H and O–H groups in total. The van der Waals surface area contributed by atoms with E-state index in [4.69, 9.17) is 4.74 Å². The summed E-state index contributed by atoms with van der Waals surface area (Å²) >= 11 is -2.25. The number of benzene rings is 1. The predicted octanol–water partition coefficient (Wildman–Crippen LogP) is -2.60. The van der Waals surface area contributed by atoms with Crippen molar-refractivity contribution in [2.45, 2.75) is 4.90 Å². The number of ether oxygens (including phenoxy) is 1. The number of hydrogen-bond donors (Lipinski definition) is 0. The molecule has 1 atom stereocenters. The third-order valence-corrected chi connectivity index (χ3v) is 3.25. The van der Waals surface area contributed by atoms with Gasteiger partial charge in [0.15, 0.2) is 0 Å². The Balaban J connectivity index is 0.00000162. The molecule has 2 rings (SSSR count). The number of carbonyl (C=O) groups is 1. The molecule has 7 heteroatoms. The molecular weight excluding hydrogens is 265 g/mol. The van der Waals surface area contributed by atoms with Crippen molar-refractivity contribution in [3.63, 3.8) is 0 Å². The Labute approximate surface area is 130 Å². The first kappa shape index (κ1) is 15.8. The summed E-state index contributed by atoms with van der Waals surface area (Å²) in [6.45, 7) is 2.25. The van der Waals surface area contributed by atoms with E-state index in [2.05, 4.69) is 0 Å². The summed E-state index contributed by atoms with van der Waals surface area (Å²) in [5, 5.41) is 0. The number of hydrogen-bond acceptors (Lipinski definition) is 4. The molecule has 0 aliphatic carbocycles. The normalized spacial score (nSPS) is 16.8. The zero-order valence-corrected chi connectivity index (χ0v) is 12.9. The fourth-order valence-corrected chi connectivity index (χ4v) is 2.02. The molecule has 1 fully saturated rings. The minimum absolute atomic E-state index is 0. The average Bonchev–Trinajstić information content (AvgIpc) is 2.39. The average molecular weight is 277 g/mol. The smallest absolute Gasteiger partial charge is 0.768 e. The van der Waals surface area contributed by atoms with Crippen LogP contribution in [0.25, 0.3) is 0 Å². The van der Waals surface area contributed by atoms with Crippen molar-refractivity contribution in [3.8, 4) is 0 Å². The van der Waals surface area contributed by atoms with Crippen LogP contribution in [0.3, 0.4) is 0 Å². The van der Waals surface area contributed by atoms with Gasteiger partial charge < -0.3 is 14.2 Å². The van der Waals surface area contributed by atoms with E-state index in [1.165, 1.54) is 24.3 Å². The van der Waals surface area contributed by atoms with Crippen LogP contribution in [-0.4, -0.2) is 45.9 Å². The standard InChI is InChI=1S/C11H13NO4S.Na/c13-11(12-5-7-16-8-6-12)9-1-3-10(4-2-9)17(14)15;/h1-4H,5-8H2,(H,14,15);/q;+1/p-1. The fraction of sp³-hybridized carbons (Fsp3) is 0.364. The summed E-state index contributed by atoms with van der Waals surface area (Å²) in [5.41, 5.74) is 0.501. The van der Waals surface area contributed by atoms with Gasteiger partial charge in [-0.1, -0.05) is 0 Å². The van der Waals surface area contributed by atoms with Gasteiger partial charge >= 0.3 is 29.6 Å². The third-order valence-electron chi connectivity index (χ3n) is 2.59. The molecule has 1 aromatic carbocycles. The van der Waals surface area contributed by atoms with E-state index < -0.39 is 11.1 Å². The van der Waals surface area contributed by atoms with Gasteiger partial charge in [0.05, 0.1) is 13.2 Å². The Kier molecular flexibility index (Phi) is 6.48. The Morgan fingerprint density at radius 1 is 1.22 bits per heavy atom. The second-order valence-electron chi connectivity index (χ2n) is 3.66. The number of amides is 1. The van der Waals surface area contributed by atoms with Gasteiger partial charge in [-0.05, 0) is 35.3 Å². The van der Waals surface area contributed by atoms with Crippen molar-refractivity contribution in [1.82, 2.24) is 4.90 Å². The summed E-state index contributed by atoms with van der Waals surface area (Å²) in [5.74, 6) is -0.0865. The van der Waals surface area contributed by atoms with E-state index in [1.54, 1.807) is 4.90 Å². The first-order valence-electron chi connectivity index (χ1n) is 5.25. The molecule has 1 amide bonds. The molecule has 1 aromatic rings. The molecule has 1 saturated heterocycles. The minimum atomic E-state index is -2.25. The van der Waals surface area contributed by atoms with Crippen LogP contribution in [0.2, 0.25) is 0 Å². The zero-order chi connectivity index (χ0) is 12.3. The van der Waals surface area contributed by atoms with E-state index in [0.717, 1.165) is 0 Å². The van der Waals surface area contributed by atoms with E-state index in [0.29, 0.717) is 31.9 Å². The minimum Gasteiger partial charge on any atom is -0.768 e. The molecule has 1 unspecified atom stereocenters. The maximum absolute atomic E-state index is 12.0. The van der Waals surface area contributed by atoms with E-state index in [-0.39, 0.29) is 40.4 Å². The van der Waals surface area contributed by atoms with Crippen LogP contribution < -0.4 is 29.6 Å². The monoisotopic (exact) mass is 277 g/mol. The van der Waals surface area contributed by atoms with Crippen molar-refractivity contribution in [2.75, 3.05) is 26.3 Å². The maximum Gasteiger partial charge on any atom is 1.00 e. The van der Waals surface area contributed by atoms with Crippen LogP contribution >= 0.6 is 0 Å². The topological polar surface area (TPSA) is 69.7 Å². The van der Waals surface area contributed by atoms with Crippen LogP contribution in [-0.2, 0) is 15.8 Å². The van der Waals surface area contributed by atoms with Crippen molar-refractivity contribution in [1.29, 1.82) is 0 Å². The Hall–Kier alpha value is -0.240. The van der Waals surface area contributed by atoms with Gasteiger partial charge in [-0.15, -0.1) is 0 Å². The summed E-state index contributed by atoms with van der Waals surface area (Å²) in [4.78, 5) is 13.9. The molecule has 0 radical (unpaired) electrons. The van der Waals surface area contributed by atoms with Crippen molar-refractivity contribution >= 4 is 17.0 Å². The Bertz CT molecular complexity index is 431. The van der Waals surface area contributed by atoms with Crippen LogP contribution in [0.1, 0.15) is 10.4 Å². The van der Waals surface area contributed by atoms with Crippen LogP contribution in [0.15, 0.2) is 29.2 Å². The molecule has 92 valence electrons. The van der Waals surface area contributed by atoms with Gasteiger partial charge in [0.2, 0.25) is 0 Å². The summed E-state index contributed by atoms with van der Waals surface area (Å²) in [6.07, 6.45) is 0. The van der Waals surface area contributed by atoms with Gasteiger partial charge in [0.1, 0.15) is 0 Å². The molecule has 1 aliphatic heterocycles. The van der Waals surface area contributed by atoms with Gasteiger partial charge in [-0.2, -0.15) is 0 Å². The van der Waals surface area contributed by atoms with Crippen LogP contribution in [0, 0.1) is 0 Å². The molecule has 1 heterocycles. The molecule has 0 spiro atoms. The van der Waals surface area contributed by atoms with Gasteiger partial charge in [0.25, 0.3) is 5.91 Å². The largest absolute Gasteiger partial charge is 1.00 e. The molecule has 0 saturated carbocycles. The molecule has 0 bridgehead atoms. The third kappa shape index (κ3) is 3.88. The molecule has 1 aliphatic rings. The summed E-state index contributed by atoms with van der Waals surface area (Å²) in [6, 6.07) is 5.92. The van der Waals surface area contributed by atoms with E-state index in [1.807, 2.05) is 0 Å². The quantitative estimate of drug-likeness (QED) is 0.439. The van der Waals surface area contributed by atoms with Crippen LogP contribution in [0.4, 0.5) is 0 Å². The van der Waals surface area contributed by atoms with Crippen LogP contribution in [0.5, 0.6) is 0 Å². The van der Waals surface area contributed by atoms with Gasteiger partial charge in [-0.3, -0.25) is 9.00 Å². The number of nitrogens with zero attached hydrogens (tertiary/aromatic N) is 1. The predicted molar refractivity (Wildman–Crippen MR) is 60.4 cm³/mol.